The first-order chi connectivity index (χ1) is 12.5. The number of carbonyl (C=O) groups excluding carboxylic acids is 2. The third-order valence-electron chi connectivity index (χ3n) is 5.35. The van der Waals surface area contributed by atoms with Gasteiger partial charge in [0.2, 0.25) is 11.8 Å². The Kier molecular flexibility index (Phi) is 5.64. The summed E-state index contributed by atoms with van der Waals surface area (Å²) in [7, 11) is 0. The summed E-state index contributed by atoms with van der Waals surface area (Å²) < 4.78 is 0. The first-order valence-electron chi connectivity index (χ1n) is 9.63. The smallest absolute Gasteiger partial charge is 0.237 e. The van der Waals surface area contributed by atoms with Crippen LogP contribution in [0.1, 0.15) is 45.1 Å². The number of fused-ring (bicyclic) bond motifs is 1. The third-order valence-corrected chi connectivity index (χ3v) is 5.35. The van der Waals surface area contributed by atoms with Gasteiger partial charge >= 0.3 is 0 Å². The van der Waals surface area contributed by atoms with Gasteiger partial charge < -0.3 is 15.2 Å². The van der Waals surface area contributed by atoms with E-state index in [9.17, 15) is 9.59 Å². The first-order valence-corrected chi connectivity index (χ1v) is 9.63. The average Bonchev–Trinajstić information content (AvgIpc) is 2.86. The minimum absolute atomic E-state index is 0.0519. The van der Waals surface area contributed by atoms with E-state index < -0.39 is 5.41 Å². The highest BCUT2D eigenvalue weighted by Crippen LogP contribution is 2.22. The zero-order valence-corrected chi connectivity index (χ0v) is 15.8. The predicted molar refractivity (Wildman–Crippen MR) is 104 cm³/mol. The number of hydrogen-bond acceptors (Lipinski definition) is 2. The van der Waals surface area contributed by atoms with Crippen molar-refractivity contribution in [3.8, 4) is 0 Å². The molecule has 1 saturated heterocycles. The highest BCUT2D eigenvalue weighted by atomic mass is 16.2. The van der Waals surface area contributed by atoms with Crippen molar-refractivity contribution in [2.45, 2.75) is 46.0 Å². The van der Waals surface area contributed by atoms with Crippen LogP contribution in [0, 0.1) is 5.41 Å². The van der Waals surface area contributed by atoms with Crippen molar-refractivity contribution >= 4 is 22.7 Å². The molecule has 2 amide bonds. The number of amides is 2. The molecule has 2 N–H and O–H groups in total. The van der Waals surface area contributed by atoms with E-state index in [2.05, 4.69) is 16.4 Å². The van der Waals surface area contributed by atoms with Crippen molar-refractivity contribution < 1.29 is 9.59 Å². The second-order valence-electron chi connectivity index (χ2n) is 7.70. The minimum atomic E-state index is -1.02. The molecule has 1 aromatic carbocycles. The zero-order valence-electron chi connectivity index (χ0n) is 15.8. The fourth-order valence-electron chi connectivity index (χ4n) is 3.64. The molecule has 0 aliphatic carbocycles. The number of hydrogen-bond donors (Lipinski definition) is 2. The van der Waals surface area contributed by atoms with Crippen LogP contribution in [0.15, 0.2) is 30.5 Å². The lowest BCUT2D eigenvalue weighted by molar-refractivity contribution is -0.148. The molecule has 140 valence electrons. The maximum Gasteiger partial charge on any atom is 0.237 e. The van der Waals surface area contributed by atoms with E-state index in [4.69, 9.17) is 0 Å². The summed E-state index contributed by atoms with van der Waals surface area (Å²) in [6.45, 7) is 5.54. The Labute approximate surface area is 155 Å². The Bertz CT molecular complexity index is 770. The van der Waals surface area contributed by atoms with Gasteiger partial charge in [0.15, 0.2) is 0 Å². The number of rotatable bonds is 5. The van der Waals surface area contributed by atoms with Gasteiger partial charge in [-0.15, -0.1) is 0 Å². The number of nitrogens with zero attached hydrogens (tertiary/aromatic N) is 1. The second-order valence-corrected chi connectivity index (χ2v) is 7.70. The van der Waals surface area contributed by atoms with E-state index in [0.29, 0.717) is 6.54 Å². The van der Waals surface area contributed by atoms with E-state index in [1.54, 1.807) is 13.8 Å². The Balaban J connectivity index is 1.56. The summed E-state index contributed by atoms with van der Waals surface area (Å²) in [6.07, 6.45) is 7.13. The largest absolute Gasteiger partial charge is 0.361 e. The van der Waals surface area contributed by atoms with Crippen LogP contribution < -0.4 is 5.32 Å². The van der Waals surface area contributed by atoms with Gasteiger partial charge in [0.25, 0.3) is 0 Å². The highest BCUT2D eigenvalue weighted by Gasteiger charge is 2.38. The minimum Gasteiger partial charge on any atom is -0.361 e. The molecule has 0 atom stereocenters. The normalized spacial score (nSPS) is 15.7. The van der Waals surface area contributed by atoms with Crippen molar-refractivity contribution in [1.29, 1.82) is 0 Å². The van der Waals surface area contributed by atoms with Gasteiger partial charge in [0, 0.05) is 36.7 Å². The fraction of sp³-hybridized carbons (Fsp3) is 0.524. The van der Waals surface area contributed by atoms with Gasteiger partial charge in [-0.05, 0) is 44.7 Å². The van der Waals surface area contributed by atoms with Crippen molar-refractivity contribution in [1.82, 2.24) is 15.2 Å². The standard InChI is InChI=1S/C21H29N3O2/c1-21(2,20(26)24-13-7-3-4-8-14-24)19(25)22-12-11-16-15-23-18-10-6-5-9-17(16)18/h5-6,9-10,15,23H,3-4,7-8,11-14H2,1-2H3,(H,22,25). The molecule has 5 nitrogen and oxygen atoms in total. The molecule has 0 spiro atoms. The van der Waals surface area contributed by atoms with E-state index >= 15 is 0 Å². The molecule has 1 fully saturated rings. The van der Waals surface area contributed by atoms with E-state index in [1.807, 2.05) is 29.3 Å². The zero-order chi connectivity index (χ0) is 18.6. The molecule has 0 unspecified atom stereocenters. The number of aromatic nitrogens is 1. The SMILES string of the molecule is CC(C)(C(=O)NCCc1c[nH]c2ccccc12)C(=O)N1CCCCCC1. The number of benzene rings is 1. The van der Waals surface area contributed by atoms with Crippen LogP contribution in [0.4, 0.5) is 0 Å². The quantitative estimate of drug-likeness (QED) is 0.809. The Morgan fingerprint density at radius 3 is 2.54 bits per heavy atom. The molecule has 2 heterocycles. The monoisotopic (exact) mass is 355 g/mol. The lowest BCUT2D eigenvalue weighted by Gasteiger charge is -2.30. The third kappa shape index (κ3) is 3.92. The van der Waals surface area contributed by atoms with Crippen molar-refractivity contribution in [3.63, 3.8) is 0 Å². The average molecular weight is 355 g/mol. The van der Waals surface area contributed by atoms with Gasteiger partial charge in [-0.1, -0.05) is 31.0 Å². The predicted octanol–water partition coefficient (Wildman–Crippen LogP) is 3.26. The van der Waals surface area contributed by atoms with E-state index in [0.717, 1.165) is 37.9 Å². The molecule has 26 heavy (non-hydrogen) atoms. The summed E-state index contributed by atoms with van der Waals surface area (Å²) in [6, 6.07) is 8.14. The van der Waals surface area contributed by atoms with Crippen LogP contribution >= 0.6 is 0 Å². The fourth-order valence-corrected chi connectivity index (χ4v) is 3.64. The number of H-pyrrole nitrogens is 1. The van der Waals surface area contributed by atoms with Crippen LogP contribution in [-0.2, 0) is 16.0 Å². The number of carbonyl (C=O) groups is 2. The molecule has 3 rings (SSSR count). The lowest BCUT2D eigenvalue weighted by atomic mass is 9.90. The molecule has 0 radical (unpaired) electrons. The summed E-state index contributed by atoms with van der Waals surface area (Å²) in [5, 5.41) is 4.14. The molecule has 0 saturated carbocycles. The second kappa shape index (κ2) is 7.94. The molecular formula is C21H29N3O2. The van der Waals surface area contributed by atoms with E-state index in [-0.39, 0.29) is 11.8 Å². The van der Waals surface area contributed by atoms with E-state index in [1.165, 1.54) is 23.8 Å². The number of nitrogens with one attached hydrogen (secondary N) is 2. The summed E-state index contributed by atoms with van der Waals surface area (Å²) >= 11 is 0. The molecule has 2 aromatic rings. The van der Waals surface area contributed by atoms with Gasteiger partial charge in [-0.3, -0.25) is 9.59 Å². The molecular weight excluding hydrogens is 326 g/mol. The molecule has 5 heteroatoms. The summed E-state index contributed by atoms with van der Waals surface area (Å²) in [5.41, 5.74) is 1.26. The van der Waals surface area contributed by atoms with Crippen molar-refractivity contribution in [2.24, 2.45) is 5.41 Å². The number of para-hydroxylation sites is 1. The first kappa shape index (κ1) is 18.5. The van der Waals surface area contributed by atoms with Crippen LogP contribution in [0.2, 0.25) is 0 Å². The van der Waals surface area contributed by atoms with Crippen LogP contribution in [-0.4, -0.2) is 41.3 Å². The van der Waals surface area contributed by atoms with Crippen molar-refractivity contribution in [2.75, 3.05) is 19.6 Å². The Morgan fingerprint density at radius 2 is 1.81 bits per heavy atom. The number of likely N-dealkylation sites (tertiary alicyclic amines) is 1. The molecule has 0 bridgehead atoms. The van der Waals surface area contributed by atoms with Gasteiger partial charge in [-0.2, -0.15) is 0 Å². The molecule has 1 aliphatic rings. The Hall–Kier alpha value is -2.30. The summed E-state index contributed by atoms with van der Waals surface area (Å²) in [5.74, 6) is -0.240. The van der Waals surface area contributed by atoms with Crippen molar-refractivity contribution in [3.05, 3.63) is 36.0 Å². The molecule has 1 aliphatic heterocycles. The lowest BCUT2D eigenvalue weighted by Crippen LogP contribution is -2.50. The van der Waals surface area contributed by atoms with Gasteiger partial charge in [0.1, 0.15) is 5.41 Å². The van der Waals surface area contributed by atoms with Gasteiger partial charge in [0.05, 0.1) is 0 Å². The van der Waals surface area contributed by atoms with Crippen LogP contribution in [0.3, 0.4) is 0 Å². The maximum atomic E-state index is 12.8. The Morgan fingerprint density at radius 1 is 1.12 bits per heavy atom. The highest BCUT2D eigenvalue weighted by molar-refractivity contribution is 6.04. The van der Waals surface area contributed by atoms with Crippen LogP contribution in [0.25, 0.3) is 10.9 Å². The molecule has 1 aromatic heterocycles. The van der Waals surface area contributed by atoms with Gasteiger partial charge in [-0.25, -0.2) is 0 Å². The topological polar surface area (TPSA) is 65.2 Å². The van der Waals surface area contributed by atoms with Crippen LogP contribution in [0.5, 0.6) is 0 Å². The number of aromatic amines is 1. The maximum absolute atomic E-state index is 12.8. The summed E-state index contributed by atoms with van der Waals surface area (Å²) in [4.78, 5) is 30.6.